The number of aromatic nitrogens is 2. The summed E-state index contributed by atoms with van der Waals surface area (Å²) in [6.45, 7) is -3.09. The predicted octanol–water partition coefficient (Wildman–Crippen LogP) is 6.26. The van der Waals surface area contributed by atoms with Gasteiger partial charge in [0, 0.05) is 36.4 Å². The van der Waals surface area contributed by atoms with E-state index in [0.717, 1.165) is 25.7 Å². The summed E-state index contributed by atoms with van der Waals surface area (Å²) in [5.74, 6) is -1.88. The summed E-state index contributed by atoms with van der Waals surface area (Å²) in [6.07, 6.45) is 5.60. The number of carbonyl (C=O) groups excluding carboxylic acids is 1. The molecule has 1 aliphatic carbocycles. The largest absolute Gasteiger partial charge is 0.481 e. The van der Waals surface area contributed by atoms with E-state index in [2.05, 4.69) is 14.7 Å². The van der Waals surface area contributed by atoms with Gasteiger partial charge in [0.1, 0.15) is 11.4 Å². The van der Waals surface area contributed by atoms with Crippen molar-refractivity contribution in [1.82, 2.24) is 9.97 Å². The minimum absolute atomic E-state index is 0.0216. The highest BCUT2D eigenvalue weighted by Gasteiger charge is 2.31. The second-order valence-electron chi connectivity index (χ2n) is 9.37. The van der Waals surface area contributed by atoms with Gasteiger partial charge in [0.2, 0.25) is 16.9 Å². The van der Waals surface area contributed by atoms with E-state index in [0.29, 0.717) is 34.8 Å². The fraction of sp³-hybridized carbons (Fsp3) is 0.407. The number of carboxylic acids is 1. The Bertz CT molecular complexity index is 1310. The standard InChI is InChI=1S/C27H28F3N3O5S/c1-33(25(36)17(12-22(34)35)11-15-5-3-4-6-15)27-32-23(24(28)39-27)20-13-18(38-26(29)30)8-9-19(20)16-7-10-21(37-2)31-14-16/h7-10,13-15,17,26H,3-6,11-12H2,1-2H3,(H,34,35)/t17-/m1/s1. The number of carboxylic acid groups (broad SMARTS) is 1. The molecular formula is C27H28F3N3O5S. The molecule has 39 heavy (non-hydrogen) atoms. The molecule has 1 aliphatic rings. The monoisotopic (exact) mass is 563 g/mol. The van der Waals surface area contributed by atoms with Crippen LogP contribution in [0, 0.1) is 17.0 Å². The van der Waals surface area contributed by atoms with E-state index in [-0.39, 0.29) is 34.5 Å². The summed E-state index contributed by atoms with van der Waals surface area (Å²) in [5.41, 5.74) is 0.993. The second kappa shape index (κ2) is 12.5. The SMILES string of the molecule is COc1ccc(-c2ccc(OC(F)F)cc2-c2nc(N(C)C(=O)[C@@H](CC(=O)O)CC3CCCC3)sc2F)cn1. The van der Waals surface area contributed by atoms with Crippen LogP contribution in [0.4, 0.5) is 18.3 Å². The van der Waals surface area contributed by atoms with E-state index >= 15 is 4.39 Å². The van der Waals surface area contributed by atoms with Gasteiger partial charge in [-0.2, -0.15) is 13.2 Å². The van der Waals surface area contributed by atoms with Crippen LogP contribution >= 0.6 is 11.3 Å². The van der Waals surface area contributed by atoms with Crippen molar-refractivity contribution in [2.45, 2.75) is 45.1 Å². The number of hydrogen-bond acceptors (Lipinski definition) is 7. The number of pyridine rings is 1. The van der Waals surface area contributed by atoms with Crippen molar-refractivity contribution in [2.24, 2.45) is 11.8 Å². The van der Waals surface area contributed by atoms with Crippen molar-refractivity contribution in [1.29, 1.82) is 0 Å². The molecule has 4 rings (SSSR count). The molecule has 0 radical (unpaired) electrons. The third-order valence-corrected chi connectivity index (χ3v) is 7.70. The van der Waals surface area contributed by atoms with Gasteiger partial charge in [-0.1, -0.05) is 37.0 Å². The first kappa shape index (κ1) is 28.3. The van der Waals surface area contributed by atoms with E-state index in [1.807, 2.05) is 0 Å². The number of alkyl halides is 2. The van der Waals surface area contributed by atoms with Gasteiger partial charge in [0.25, 0.3) is 0 Å². The Kier molecular flexibility index (Phi) is 9.05. The van der Waals surface area contributed by atoms with Gasteiger partial charge in [-0.15, -0.1) is 0 Å². The number of amides is 1. The molecule has 0 unspecified atom stereocenters. The van der Waals surface area contributed by atoms with Crippen molar-refractivity contribution in [3.05, 3.63) is 41.7 Å². The number of anilines is 1. The molecule has 1 amide bonds. The Morgan fingerprint density at radius 2 is 1.92 bits per heavy atom. The van der Waals surface area contributed by atoms with E-state index in [1.165, 1.54) is 43.5 Å². The molecule has 3 aromatic rings. The number of methoxy groups -OCH3 is 1. The van der Waals surface area contributed by atoms with Crippen LogP contribution in [-0.2, 0) is 9.59 Å². The van der Waals surface area contributed by atoms with E-state index in [1.54, 1.807) is 12.1 Å². The average molecular weight is 564 g/mol. The minimum atomic E-state index is -3.09. The Labute approximate surface area is 227 Å². The number of rotatable bonds is 11. The maximum absolute atomic E-state index is 15.4. The van der Waals surface area contributed by atoms with Crippen LogP contribution in [0.1, 0.15) is 38.5 Å². The van der Waals surface area contributed by atoms with Crippen LogP contribution in [0.5, 0.6) is 11.6 Å². The molecule has 1 atom stereocenters. The fourth-order valence-electron chi connectivity index (χ4n) is 4.91. The number of hydrogen-bond donors (Lipinski definition) is 1. The normalized spacial score (nSPS) is 14.4. The number of benzene rings is 1. The third kappa shape index (κ3) is 6.86. The number of thiazole rings is 1. The zero-order valence-electron chi connectivity index (χ0n) is 21.4. The van der Waals surface area contributed by atoms with E-state index < -0.39 is 29.5 Å². The lowest BCUT2D eigenvalue weighted by atomic mass is 9.90. The van der Waals surface area contributed by atoms with Gasteiger partial charge >= 0.3 is 12.6 Å². The summed E-state index contributed by atoms with van der Waals surface area (Å²) in [7, 11) is 2.89. The molecule has 1 N–H and O–H groups in total. The van der Waals surface area contributed by atoms with Gasteiger partial charge < -0.3 is 14.6 Å². The van der Waals surface area contributed by atoms with Crippen molar-refractivity contribution >= 4 is 28.3 Å². The molecule has 1 fully saturated rings. The first-order valence-electron chi connectivity index (χ1n) is 12.4. The van der Waals surface area contributed by atoms with Crippen LogP contribution < -0.4 is 14.4 Å². The van der Waals surface area contributed by atoms with Crippen molar-refractivity contribution < 1.29 is 37.3 Å². The Hall–Kier alpha value is -3.67. The van der Waals surface area contributed by atoms with Crippen LogP contribution in [-0.4, -0.2) is 47.7 Å². The molecule has 208 valence electrons. The smallest absolute Gasteiger partial charge is 0.387 e. The fourth-order valence-corrected chi connectivity index (χ4v) is 5.68. The van der Waals surface area contributed by atoms with Gasteiger partial charge in [0.05, 0.1) is 13.5 Å². The highest BCUT2D eigenvalue weighted by molar-refractivity contribution is 7.14. The van der Waals surface area contributed by atoms with Crippen LogP contribution in [0.15, 0.2) is 36.5 Å². The van der Waals surface area contributed by atoms with Crippen LogP contribution in [0.2, 0.25) is 0 Å². The Morgan fingerprint density at radius 3 is 2.54 bits per heavy atom. The summed E-state index contributed by atoms with van der Waals surface area (Å²) >= 11 is 0.610. The first-order chi connectivity index (χ1) is 18.7. The molecule has 0 spiro atoms. The van der Waals surface area contributed by atoms with Gasteiger partial charge in [-0.3, -0.25) is 14.5 Å². The Balaban J connectivity index is 1.69. The first-order valence-corrected chi connectivity index (χ1v) is 13.2. The van der Waals surface area contributed by atoms with Crippen LogP contribution in [0.25, 0.3) is 22.4 Å². The number of nitrogens with zero attached hydrogens (tertiary/aromatic N) is 3. The summed E-state index contributed by atoms with van der Waals surface area (Å²) in [6, 6.07) is 7.36. The summed E-state index contributed by atoms with van der Waals surface area (Å²) < 4.78 is 50.8. The highest BCUT2D eigenvalue weighted by atomic mass is 32.1. The lowest BCUT2D eigenvalue weighted by Crippen LogP contribution is -2.35. The number of ether oxygens (including phenoxy) is 2. The molecule has 0 aliphatic heterocycles. The van der Waals surface area contributed by atoms with E-state index in [4.69, 9.17) is 4.74 Å². The molecule has 2 heterocycles. The summed E-state index contributed by atoms with van der Waals surface area (Å²) in [5, 5.41) is 8.67. The molecule has 8 nitrogen and oxygen atoms in total. The zero-order valence-corrected chi connectivity index (χ0v) is 22.2. The van der Waals surface area contributed by atoms with Crippen molar-refractivity contribution in [3.63, 3.8) is 0 Å². The highest BCUT2D eigenvalue weighted by Crippen LogP contribution is 2.40. The van der Waals surface area contributed by atoms with Crippen LogP contribution in [0.3, 0.4) is 0 Å². The lowest BCUT2D eigenvalue weighted by Gasteiger charge is -2.23. The maximum Gasteiger partial charge on any atom is 0.387 e. The quantitative estimate of drug-likeness (QED) is 0.294. The second-order valence-corrected chi connectivity index (χ2v) is 10.3. The van der Waals surface area contributed by atoms with Crippen molar-refractivity contribution in [3.8, 4) is 34.0 Å². The zero-order chi connectivity index (χ0) is 28.1. The van der Waals surface area contributed by atoms with Gasteiger partial charge in [-0.05, 0) is 42.2 Å². The topological polar surface area (TPSA) is 102 Å². The Morgan fingerprint density at radius 1 is 1.18 bits per heavy atom. The predicted molar refractivity (Wildman–Crippen MR) is 140 cm³/mol. The van der Waals surface area contributed by atoms with Gasteiger partial charge in [-0.25, -0.2) is 9.97 Å². The molecule has 1 aromatic carbocycles. The molecule has 1 saturated carbocycles. The molecule has 0 bridgehead atoms. The minimum Gasteiger partial charge on any atom is -0.481 e. The lowest BCUT2D eigenvalue weighted by molar-refractivity contribution is -0.140. The van der Waals surface area contributed by atoms with Crippen molar-refractivity contribution in [2.75, 3.05) is 19.1 Å². The van der Waals surface area contributed by atoms with E-state index in [9.17, 15) is 23.5 Å². The number of halogens is 3. The molecular weight excluding hydrogens is 535 g/mol. The van der Waals surface area contributed by atoms with Gasteiger partial charge in [0.15, 0.2) is 5.13 Å². The maximum atomic E-state index is 15.4. The molecule has 0 saturated heterocycles. The number of aliphatic carboxylic acids is 1. The summed E-state index contributed by atoms with van der Waals surface area (Å²) in [4.78, 5) is 34.5. The average Bonchev–Trinajstić information content (AvgIpc) is 3.56. The molecule has 12 heteroatoms. The third-order valence-electron chi connectivity index (χ3n) is 6.78. The number of carbonyl (C=O) groups is 2. The molecule has 2 aromatic heterocycles.